The van der Waals surface area contributed by atoms with Crippen LogP contribution in [-0.4, -0.2) is 0 Å². The van der Waals surface area contributed by atoms with Gasteiger partial charge in [-0.25, -0.2) is 8.78 Å². The predicted molar refractivity (Wildman–Crippen MR) is 33.1 cm³/mol. The summed E-state index contributed by atoms with van der Waals surface area (Å²) in [5, 5.41) is 0. The molecule has 0 bridgehead atoms. The normalized spacial score (nSPS) is 9.90. The molecule has 0 aliphatic heterocycles. The number of benzene rings is 1. The Morgan fingerprint density at radius 1 is 1.40 bits per heavy atom. The minimum Gasteiger partial charge on any atom is -0.326 e. The zero-order chi connectivity index (χ0) is 7.56. The van der Waals surface area contributed by atoms with Crippen LogP contribution in [0.15, 0.2) is 12.1 Å². The molecule has 10 heavy (non-hydrogen) atoms. The first kappa shape index (κ1) is 7.15. The van der Waals surface area contributed by atoms with Crippen LogP contribution in [0.1, 0.15) is 5.56 Å². The number of hydrogen-bond donors (Lipinski definition) is 1. The van der Waals surface area contributed by atoms with E-state index < -0.39 is 11.6 Å². The predicted octanol–water partition coefficient (Wildman–Crippen LogP) is 1.22. The van der Waals surface area contributed by atoms with Gasteiger partial charge in [-0.05, 0) is 23.8 Å². The fraction of sp³-hybridized carbons (Fsp3) is 0.143. The van der Waals surface area contributed by atoms with E-state index in [1.54, 1.807) is 0 Å². The van der Waals surface area contributed by atoms with Crippen molar-refractivity contribution < 1.29 is 8.78 Å². The second-order valence-corrected chi connectivity index (χ2v) is 1.86. The molecule has 0 atom stereocenters. The first-order valence-corrected chi connectivity index (χ1v) is 2.79. The fourth-order valence-corrected chi connectivity index (χ4v) is 0.606. The Bertz CT molecular complexity index is 235. The average molecular weight is 142 g/mol. The van der Waals surface area contributed by atoms with Crippen LogP contribution in [0.25, 0.3) is 0 Å². The SMILES string of the molecule is NCc1[c]cc(F)c(F)c1. The van der Waals surface area contributed by atoms with Gasteiger partial charge in [-0.2, -0.15) is 0 Å². The third kappa shape index (κ3) is 1.30. The van der Waals surface area contributed by atoms with Gasteiger partial charge in [-0.3, -0.25) is 0 Å². The minimum atomic E-state index is -0.891. The summed E-state index contributed by atoms with van der Waals surface area (Å²) >= 11 is 0. The number of hydrogen-bond acceptors (Lipinski definition) is 1. The monoisotopic (exact) mass is 142 g/mol. The van der Waals surface area contributed by atoms with Crippen molar-refractivity contribution in [1.82, 2.24) is 0 Å². The van der Waals surface area contributed by atoms with E-state index in [1.807, 2.05) is 0 Å². The maximum absolute atomic E-state index is 12.3. The highest BCUT2D eigenvalue weighted by Crippen LogP contribution is 2.06. The van der Waals surface area contributed by atoms with Crippen LogP contribution in [0.4, 0.5) is 8.78 Å². The molecule has 0 aromatic heterocycles. The van der Waals surface area contributed by atoms with Crippen LogP contribution < -0.4 is 5.73 Å². The average Bonchev–Trinajstić information content (AvgIpc) is 1.95. The molecule has 0 amide bonds. The van der Waals surface area contributed by atoms with E-state index in [-0.39, 0.29) is 6.54 Å². The molecule has 0 aliphatic rings. The molecule has 0 unspecified atom stereocenters. The Hall–Kier alpha value is -0.960. The molecule has 0 saturated carbocycles. The van der Waals surface area contributed by atoms with E-state index in [1.165, 1.54) is 0 Å². The van der Waals surface area contributed by atoms with Crippen molar-refractivity contribution in [3.05, 3.63) is 35.4 Å². The van der Waals surface area contributed by atoms with Gasteiger partial charge in [-0.1, -0.05) is 0 Å². The largest absolute Gasteiger partial charge is 0.326 e. The van der Waals surface area contributed by atoms with Crippen molar-refractivity contribution >= 4 is 0 Å². The molecule has 53 valence electrons. The zero-order valence-corrected chi connectivity index (χ0v) is 5.20. The molecule has 2 N–H and O–H groups in total. The summed E-state index contributed by atoms with van der Waals surface area (Å²) in [6.07, 6.45) is 0. The molecule has 0 heterocycles. The fourth-order valence-electron chi connectivity index (χ4n) is 0.606. The number of halogens is 2. The molecular formula is C7H6F2N. The van der Waals surface area contributed by atoms with E-state index in [2.05, 4.69) is 6.07 Å². The van der Waals surface area contributed by atoms with E-state index in [0.717, 1.165) is 12.1 Å². The first-order valence-electron chi connectivity index (χ1n) is 2.79. The second kappa shape index (κ2) is 2.75. The molecule has 0 saturated heterocycles. The quantitative estimate of drug-likeness (QED) is 0.626. The first-order chi connectivity index (χ1) is 4.74. The second-order valence-electron chi connectivity index (χ2n) is 1.86. The van der Waals surface area contributed by atoms with E-state index >= 15 is 0 Å². The lowest BCUT2D eigenvalue weighted by Gasteiger charge is -1.94. The van der Waals surface area contributed by atoms with Crippen molar-refractivity contribution in [1.29, 1.82) is 0 Å². The van der Waals surface area contributed by atoms with Crippen LogP contribution in [0.3, 0.4) is 0 Å². The topological polar surface area (TPSA) is 26.0 Å². The molecule has 1 aromatic carbocycles. The maximum Gasteiger partial charge on any atom is 0.159 e. The number of nitrogens with two attached hydrogens (primary N) is 1. The third-order valence-corrected chi connectivity index (χ3v) is 1.13. The smallest absolute Gasteiger partial charge is 0.159 e. The van der Waals surface area contributed by atoms with Crippen LogP contribution in [0.2, 0.25) is 0 Å². The Morgan fingerprint density at radius 2 is 2.10 bits per heavy atom. The molecule has 1 rings (SSSR count). The standard InChI is InChI=1S/C7H6F2N/c8-6-2-1-5(4-10)3-7(6)9/h2-3H,4,10H2. The Kier molecular flexibility index (Phi) is 1.97. The molecule has 0 aliphatic carbocycles. The van der Waals surface area contributed by atoms with Crippen molar-refractivity contribution in [3.63, 3.8) is 0 Å². The van der Waals surface area contributed by atoms with Gasteiger partial charge in [0.1, 0.15) is 0 Å². The lowest BCUT2D eigenvalue weighted by Crippen LogP contribution is -1.97. The maximum atomic E-state index is 12.3. The van der Waals surface area contributed by atoms with Gasteiger partial charge in [0.2, 0.25) is 0 Å². The van der Waals surface area contributed by atoms with Gasteiger partial charge in [0.25, 0.3) is 0 Å². The van der Waals surface area contributed by atoms with Crippen LogP contribution in [-0.2, 0) is 6.54 Å². The molecule has 1 aromatic rings. The van der Waals surface area contributed by atoms with Gasteiger partial charge in [0.15, 0.2) is 11.6 Å². The van der Waals surface area contributed by atoms with Crippen LogP contribution in [0, 0.1) is 17.7 Å². The molecule has 0 fully saturated rings. The Balaban J connectivity index is 3.04. The summed E-state index contributed by atoms with van der Waals surface area (Å²) in [7, 11) is 0. The van der Waals surface area contributed by atoms with Crippen molar-refractivity contribution in [2.45, 2.75) is 6.54 Å². The van der Waals surface area contributed by atoms with E-state index in [4.69, 9.17) is 5.73 Å². The summed E-state index contributed by atoms with van der Waals surface area (Å²) in [5.74, 6) is -1.77. The summed E-state index contributed by atoms with van der Waals surface area (Å²) in [4.78, 5) is 0. The zero-order valence-electron chi connectivity index (χ0n) is 5.20. The van der Waals surface area contributed by atoms with Gasteiger partial charge < -0.3 is 5.73 Å². The van der Waals surface area contributed by atoms with Gasteiger partial charge in [-0.15, -0.1) is 0 Å². The summed E-state index contributed by atoms with van der Waals surface area (Å²) in [6.45, 7) is 0.178. The van der Waals surface area contributed by atoms with Crippen LogP contribution in [0.5, 0.6) is 0 Å². The summed E-state index contributed by atoms with van der Waals surface area (Å²) in [5.41, 5.74) is 5.62. The molecule has 0 spiro atoms. The van der Waals surface area contributed by atoms with Crippen molar-refractivity contribution in [2.24, 2.45) is 5.73 Å². The lowest BCUT2D eigenvalue weighted by atomic mass is 10.2. The molecule has 3 heteroatoms. The third-order valence-electron chi connectivity index (χ3n) is 1.13. The highest BCUT2D eigenvalue weighted by atomic mass is 19.2. The molecule has 1 radical (unpaired) electrons. The number of rotatable bonds is 1. The van der Waals surface area contributed by atoms with Gasteiger partial charge >= 0.3 is 0 Å². The van der Waals surface area contributed by atoms with Gasteiger partial charge in [0.05, 0.1) is 0 Å². The Labute approximate surface area is 57.5 Å². The summed E-state index contributed by atoms with van der Waals surface area (Å²) < 4.78 is 24.5. The molecular weight excluding hydrogens is 136 g/mol. The van der Waals surface area contributed by atoms with Crippen molar-refractivity contribution in [3.8, 4) is 0 Å². The summed E-state index contributed by atoms with van der Waals surface area (Å²) in [6, 6.07) is 4.47. The van der Waals surface area contributed by atoms with Crippen LogP contribution >= 0.6 is 0 Å². The minimum absolute atomic E-state index is 0.178. The lowest BCUT2D eigenvalue weighted by molar-refractivity contribution is 0.507. The van der Waals surface area contributed by atoms with Crippen molar-refractivity contribution in [2.75, 3.05) is 0 Å². The van der Waals surface area contributed by atoms with E-state index in [9.17, 15) is 8.78 Å². The highest BCUT2D eigenvalue weighted by Gasteiger charge is 2.00. The van der Waals surface area contributed by atoms with Gasteiger partial charge in [0, 0.05) is 6.54 Å². The highest BCUT2D eigenvalue weighted by molar-refractivity contribution is 5.15. The Morgan fingerprint density at radius 3 is 2.60 bits per heavy atom. The van der Waals surface area contributed by atoms with E-state index in [0.29, 0.717) is 5.56 Å². The molecule has 1 nitrogen and oxygen atoms in total.